The number of carbonyl (C=O) groups is 1. The summed E-state index contributed by atoms with van der Waals surface area (Å²) in [7, 11) is 0. The van der Waals surface area contributed by atoms with Gasteiger partial charge < -0.3 is 10.1 Å². The molecular weight excluding hydrogens is 178 g/mol. The molecule has 0 spiro atoms. The van der Waals surface area contributed by atoms with Gasteiger partial charge in [0, 0.05) is 0 Å². The van der Waals surface area contributed by atoms with Crippen LogP contribution in [0.4, 0.5) is 0 Å². The summed E-state index contributed by atoms with van der Waals surface area (Å²) in [6, 6.07) is 0. The van der Waals surface area contributed by atoms with E-state index in [1.165, 1.54) is 12.8 Å². The normalized spacial score (nSPS) is 25.1. The van der Waals surface area contributed by atoms with E-state index in [4.69, 9.17) is 4.74 Å². The molecule has 0 amide bonds. The van der Waals surface area contributed by atoms with Gasteiger partial charge in [-0.25, -0.2) is 0 Å². The van der Waals surface area contributed by atoms with Crippen molar-refractivity contribution >= 4 is 5.97 Å². The number of hydrogen-bond acceptors (Lipinski definition) is 3. The first kappa shape index (κ1) is 9.97. The highest BCUT2D eigenvalue weighted by Crippen LogP contribution is 2.23. The predicted octanol–water partition coefficient (Wildman–Crippen LogP) is 1.47. The molecule has 80 valence electrons. The number of esters is 1. The minimum atomic E-state index is 0.0541. The highest BCUT2D eigenvalue weighted by Gasteiger charge is 2.26. The van der Waals surface area contributed by atoms with E-state index in [9.17, 15) is 4.79 Å². The van der Waals surface area contributed by atoms with Crippen molar-refractivity contribution in [2.45, 2.75) is 44.6 Å². The minimum Gasteiger partial charge on any atom is -0.462 e. The lowest BCUT2D eigenvalue weighted by molar-refractivity contribution is -0.154. The summed E-state index contributed by atoms with van der Waals surface area (Å²) in [6.07, 6.45) is 6.75. The second-order valence-corrected chi connectivity index (χ2v) is 4.37. The average molecular weight is 197 g/mol. The zero-order valence-electron chi connectivity index (χ0n) is 8.63. The molecule has 0 aromatic carbocycles. The summed E-state index contributed by atoms with van der Waals surface area (Å²) >= 11 is 0. The molecule has 1 saturated carbocycles. The third kappa shape index (κ3) is 2.47. The lowest BCUT2D eigenvalue weighted by atomic mass is 9.98. The molecule has 0 atom stereocenters. The molecule has 1 aliphatic carbocycles. The van der Waals surface area contributed by atoms with Crippen molar-refractivity contribution in [3.63, 3.8) is 0 Å². The first-order valence-corrected chi connectivity index (χ1v) is 5.77. The van der Waals surface area contributed by atoms with Crippen LogP contribution in [0.15, 0.2) is 0 Å². The number of hydrogen-bond donors (Lipinski definition) is 1. The number of carbonyl (C=O) groups excluding carboxylic acids is 1. The molecule has 1 aliphatic heterocycles. The summed E-state index contributed by atoms with van der Waals surface area (Å²) in [4.78, 5) is 11.7. The Hall–Kier alpha value is -0.570. The standard InChI is InChI=1S/C11H19NO2/c13-11(9-5-7-12-8-6-9)14-10-3-1-2-4-10/h9-10,12H,1-8H2. The van der Waals surface area contributed by atoms with Crippen molar-refractivity contribution in [3.05, 3.63) is 0 Å². The van der Waals surface area contributed by atoms with Crippen molar-refractivity contribution in [2.75, 3.05) is 13.1 Å². The van der Waals surface area contributed by atoms with Gasteiger partial charge in [0.1, 0.15) is 6.10 Å². The first-order chi connectivity index (χ1) is 6.86. The number of piperidine rings is 1. The van der Waals surface area contributed by atoms with Gasteiger partial charge >= 0.3 is 5.97 Å². The second kappa shape index (κ2) is 4.78. The summed E-state index contributed by atoms with van der Waals surface area (Å²) in [5.74, 6) is 0.218. The summed E-state index contributed by atoms with van der Waals surface area (Å²) in [5, 5.41) is 3.26. The fourth-order valence-corrected chi connectivity index (χ4v) is 2.32. The maximum Gasteiger partial charge on any atom is 0.309 e. The first-order valence-electron chi connectivity index (χ1n) is 5.77. The van der Waals surface area contributed by atoms with Gasteiger partial charge in [0.25, 0.3) is 0 Å². The van der Waals surface area contributed by atoms with E-state index >= 15 is 0 Å². The molecule has 1 saturated heterocycles. The van der Waals surface area contributed by atoms with Crippen LogP contribution in [0.5, 0.6) is 0 Å². The molecule has 1 N–H and O–H groups in total. The molecule has 14 heavy (non-hydrogen) atoms. The third-order valence-corrected chi connectivity index (χ3v) is 3.26. The van der Waals surface area contributed by atoms with Gasteiger partial charge in [0.2, 0.25) is 0 Å². The molecule has 2 aliphatic rings. The Labute approximate surface area is 85.2 Å². The summed E-state index contributed by atoms with van der Waals surface area (Å²) < 4.78 is 5.48. The Kier molecular flexibility index (Phi) is 3.40. The van der Waals surface area contributed by atoms with Gasteiger partial charge in [-0.1, -0.05) is 0 Å². The van der Waals surface area contributed by atoms with Crippen molar-refractivity contribution in [2.24, 2.45) is 5.92 Å². The van der Waals surface area contributed by atoms with E-state index in [-0.39, 0.29) is 18.0 Å². The zero-order chi connectivity index (χ0) is 9.80. The van der Waals surface area contributed by atoms with Gasteiger partial charge in [-0.05, 0) is 51.6 Å². The van der Waals surface area contributed by atoms with Crippen LogP contribution < -0.4 is 5.32 Å². The number of nitrogens with one attached hydrogen (secondary N) is 1. The third-order valence-electron chi connectivity index (χ3n) is 3.26. The van der Waals surface area contributed by atoms with Crippen LogP contribution in [-0.4, -0.2) is 25.2 Å². The van der Waals surface area contributed by atoms with E-state index in [0.717, 1.165) is 38.8 Å². The van der Waals surface area contributed by atoms with Gasteiger partial charge in [0.05, 0.1) is 5.92 Å². The Morgan fingerprint density at radius 1 is 1.07 bits per heavy atom. The molecule has 0 aromatic rings. The monoisotopic (exact) mass is 197 g/mol. The Morgan fingerprint density at radius 3 is 2.36 bits per heavy atom. The number of ether oxygens (including phenoxy) is 1. The van der Waals surface area contributed by atoms with Crippen molar-refractivity contribution < 1.29 is 9.53 Å². The van der Waals surface area contributed by atoms with Crippen LogP contribution in [0.2, 0.25) is 0 Å². The topological polar surface area (TPSA) is 38.3 Å². The fraction of sp³-hybridized carbons (Fsp3) is 0.909. The largest absolute Gasteiger partial charge is 0.462 e. The fourth-order valence-electron chi connectivity index (χ4n) is 2.32. The van der Waals surface area contributed by atoms with Crippen LogP contribution in [0, 0.1) is 5.92 Å². The van der Waals surface area contributed by atoms with E-state index in [1.807, 2.05) is 0 Å². The maximum atomic E-state index is 11.7. The average Bonchev–Trinajstić information content (AvgIpc) is 2.72. The minimum absolute atomic E-state index is 0.0541. The molecule has 2 rings (SSSR count). The molecule has 2 fully saturated rings. The molecule has 3 nitrogen and oxygen atoms in total. The van der Waals surface area contributed by atoms with Gasteiger partial charge in [0.15, 0.2) is 0 Å². The van der Waals surface area contributed by atoms with Crippen LogP contribution in [0.3, 0.4) is 0 Å². The van der Waals surface area contributed by atoms with Crippen molar-refractivity contribution in [1.82, 2.24) is 5.32 Å². The highest BCUT2D eigenvalue weighted by molar-refractivity contribution is 5.72. The zero-order valence-corrected chi connectivity index (χ0v) is 8.63. The van der Waals surface area contributed by atoms with Gasteiger partial charge in [-0.3, -0.25) is 4.79 Å². The van der Waals surface area contributed by atoms with E-state index in [1.54, 1.807) is 0 Å². The van der Waals surface area contributed by atoms with Crippen LogP contribution in [0.25, 0.3) is 0 Å². The molecule has 0 bridgehead atoms. The van der Waals surface area contributed by atoms with Crippen LogP contribution >= 0.6 is 0 Å². The van der Waals surface area contributed by atoms with E-state index in [2.05, 4.69) is 5.32 Å². The Morgan fingerprint density at radius 2 is 1.71 bits per heavy atom. The Bertz CT molecular complexity index is 193. The molecular formula is C11H19NO2. The Balaban J connectivity index is 1.75. The second-order valence-electron chi connectivity index (χ2n) is 4.37. The predicted molar refractivity (Wildman–Crippen MR) is 53.9 cm³/mol. The SMILES string of the molecule is O=C(OC1CCCC1)C1CCNCC1. The molecule has 1 heterocycles. The van der Waals surface area contributed by atoms with E-state index < -0.39 is 0 Å². The molecule has 3 heteroatoms. The smallest absolute Gasteiger partial charge is 0.309 e. The highest BCUT2D eigenvalue weighted by atomic mass is 16.5. The van der Waals surface area contributed by atoms with Gasteiger partial charge in [-0.2, -0.15) is 0 Å². The summed E-state index contributed by atoms with van der Waals surface area (Å²) in [5.41, 5.74) is 0. The van der Waals surface area contributed by atoms with E-state index in [0.29, 0.717) is 0 Å². The van der Waals surface area contributed by atoms with Crippen molar-refractivity contribution in [1.29, 1.82) is 0 Å². The van der Waals surface area contributed by atoms with Crippen molar-refractivity contribution in [3.8, 4) is 0 Å². The lowest BCUT2D eigenvalue weighted by Gasteiger charge is -2.22. The molecule has 0 aromatic heterocycles. The quantitative estimate of drug-likeness (QED) is 0.681. The van der Waals surface area contributed by atoms with Gasteiger partial charge in [-0.15, -0.1) is 0 Å². The summed E-state index contributed by atoms with van der Waals surface area (Å²) in [6.45, 7) is 1.93. The molecule has 0 radical (unpaired) electrons. The van der Waals surface area contributed by atoms with Crippen LogP contribution in [-0.2, 0) is 9.53 Å². The lowest BCUT2D eigenvalue weighted by Crippen LogP contribution is -2.33. The number of rotatable bonds is 2. The maximum absolute atomic E-state index is 11.7. The molecule has 0 unspecified atom stereocenters. The van der Waals surface area contributed by atoms with Crippen LogP contribution in [0.1, 0.15) is 38.5 Å².